The summed E-state index contributed by atoms with van der Waals surface area (Å²) in [4.78, 5) is 14.0. The first-order chi connectivity index (χ1) is 9.76. The van der Waals surface area contributed by atoms with Gasteiger partial charge in [0.05, 0.1) is 6.61 Å². The maximum Gasteiger partial charge on any atom is 0.162 e. The maximum absolute atomic E-state index is 11.7. The number of nitrogens with zero attached hydrogens (tertiary/aromatic N) is 1. The highest BCUT2D eigenvalue weighted by molar-refractivity contribution is 5.96. The second-order valence-corrected chi connectivity index (χ2v) is 5.53. The Bertz CT molecular complexity index is 421. The minimum absolute atomic E-state index is 0.173. The van der Waals surface area contributed by atoms with Crippen molar-refractivity contribution in [1.82, 2.24) is 0 Å². The van der Waals surface area contributed by atoms with Crippen molar-refractivity contribution in [2.45, 2.75) is 51.5 Å². The second kappa shape index (κ2) is 7.44. The van der Waals surface area contributed by atoms with Crippen LogP contribution in [0.5, 0.6) is 0 Å². The molecule has 0 spiro atoms. The van der Waals surface area contributed by atoms with Crippen LogP contribution >= 0.6 is 0 Å². The quantitative estimate of drug-likeness (QED) is 0.809. The van der Waals surface area contributed by atoms with Crippen molar-refractivity contribution in [3.63, 3.8) is 0 Å². The highest BCUT2D eigenvalue weighted by atomic mass is 16.3. The lowest BCUT2D eigenvalue weighted by atomic mass is 9.93. The highest BCUT2D eigenvalue weighted by Gasteiger charge is 2.21. The average molecular weight is 275 g/mol. The monoisotopic (exact) mass is 275 g/mol. The van der Waals surface area contributed by atoms with Gasteiger partial charge in [-0.3, -0.25) is 4.79 Å². The van der Waals surface area contributed by atoms with E-state index in [-0.39, 0.29) is 12.4 Å². The van der Waals surface area contributed by atoms with E-state index in [9.17, 15) is 9.90 Å². The van der Waals surface area contributed by atoms with Gasteiger partial charge in [-0.25, -0.2) is 0 Å². The molecule has 1 aliphatic rings. The SMILES string of the molecule is CCC(=O)c1ccc(N(CCO)C2CCCCC2)cc1. The molecule has 1 saturated carbocycles. The fourth-order valence-corrected chi connectivity index (χ4v) is 3.07. The van der Waals surface area contributed by atoms with Crippen molar-refractivity contribution in [2.24, 2.45) is 0 Å². The summed E-state index contributed by atoms with van der Waals surface area (Å²) < 4.78 is 0. The Morgan fingerprint density at radius 2 is 1.85 bits per heavy atom. The molecule has 0 heterocycles. The van der Waals surface area contributed by atoms with Crippen LogP contribution in [0.25, 0.3) is 0 Å². The summed E-state index contributed by atoms with van der Waals surface area (Å²) in [6, 6.07) is 8.40. The Hall–Kier alpha value is -1.35. The van der Waals surface area contributed by atoms with E-state index in [0.29, 0.717) is 19.0 Å². The summed E-state index contributed by atoms with van der Waals surface area (Å²) in [5.74, 6) is 0.183. The Kier molecular flexibility index (Phi) is 5.60. The normalized spacial score (nSPS) is 16.1. The molecule has 1 fully saturated rings. The molecular weight excluding hydrogens is 250 g/mol. The summed E-state index contributed by atoms with van der Waals surface area (Å²) in [5, 5.41) is 9.31. The molecule has 20 heavy (non-hydrogen) atoms. The van der Waals surface area contributed by atoms with Gasteiger partial charge in [0.1, 0.15) is 0 Å². The Morgan fingerprint density at radius 1 is 1.20 bits per heavy atom. The number of carbonyl (C=O) groups is 1. The third-order valence-corrected chi connectivity index (χ3v) is 4.20. The predicted octanol–water partition coefficient (Wildman–Crippen LogP) is 3.41. The lowest BCUT2D eigenvalue weighted by Crippen LogP contribution is -2.38. The number of ketones is 1. The molecule has 0 radical (unpaired) electrons. The van der Waals surface area contributed by atoms with Gasteiger partial charge in [0.2, 0.25) is 0 Å². The number of aliphatic hydroxyl groups is 1. The molecule has 0 unspecified atom stereocenters. The number of carbonyl (C=O) groups excluding carboxylic acids is 1. The van der Waals surface area contributed by atoms with Gasteiger partial charge in [0, 0.05) is 30.3 Å². The van der Waals surface area contributed by atoms with E-state index in [2.05, 4.69) is 4.90 Å². The molecule has 110 valence electrons. The van der Waals surface area contributed by atoms with Crippen LogP contribution in [0.3, 0.4) is 0 Å². The third kappa shape index (κ3) is 3.60. The number of aliphatic hydroxyl groups excluding tert-OH is 1. The van der Waals surface area contributed by atoms with Gasteiger partial charge < -0.3 is 10.0 Å². The van der Waals surface area contributed by atoms with Crippen molar-refractivity contribution < 1.29 is 9.90 Å². The van der Waals surface area contributed by atoms with E-state index in [1.165, 1.54) is 32.1 Å². The summed E-state index contributed by atoms with van der Waals surface area (Å²) in [7, 11) is 0. The molecular formula is C17H25NO2. The zero-order valence-corrected chi connectivity index (χ0v) is 12.3. The Morgan fingerprint density at radius 3 is 2.40 bits per heavy atom. The van der Waals surface area contributed by atoms with Crippen molar-refractivity contribution in [1.29, 1.82) is 0 Å². The van der Waals surface area contributed by atoms with Crippen LogP contribution in [0, 0.1) is 0 Å². The summed E-state index contributed by atoms with van der Waals surface area (Å²) >= 11 is 0. The van der Waals surface area contributed by atoms with Crippen LogP contribution in [0.2, 0.25) is 0 Å². The first kappa shape index (κ1) is 15.0. The van der Waals surface area contributed by atoms with Gasteiger partial charge in [0.25, 0.3) is 0 Å². The summed E-state index contributed by atoms with van der Waals surface area (Å²) in [5.41, 5.74) is 1.91. The molecule has 3 heteroatoms. The number of anilines is 1. The van der Waals surface area contributed by atoms with Gasteiger partial charge >= 0.3 is 0 Å². The fourth-order valence-electron chi connectivity index (χ4n) is 3.07. The van der Waals surface area contributed by atoms with E-state index in [0.717, 1.165) is 11.3 Å². The Balaban J connectivity index is 2.13. The van der Waals surface area contributed by atoms with Crippen molar-refractivity contribution in [3.05, 3.63) is 29.8 Å². The molecule has 0 saturated heterocycles. The number of Topliss-reactive ketones (excluding diaryl/α,β-unsaturated/α-hetero) is 1. The predicted molar refractivity (Wildman–Crippen MR) is 82.4 cm³/mol. The molecule has 3 nitrogen and oxygen atoms in total. The smallest absolute Gasteiger partial charge is 0.162 e. The molecule has 0 amide bonds. The van der Waals surface area contributed by atoms with Gasteiger partial charge in [-0.1, -0.05) is 26.2 Å². The van der Waals surface area contributed by atoms with Gasteiger partial charge in [-0.15, -0.1) is 0 Å². The van der Waals surface area contributed by atoms with Crippen LogP contribution in [0.1, 0.15) is 55.8 Å². The minimum Gasteiger partial charge on any atom is -0.395 e. The van der Waals surface area contributed by atoms with E-state index in [1.807, 2.05) is 31.2 Å². The van der Waals surface area contributed by atoms with E-state index in [4.69, 9.17) is 0 Å². The topological polar surface area (TPSA) is 40.5 Å². The van der Waals surface area contributed by atoms with Gasteiger partial charge in [-0.2, -0.15) is 0 Å². The molecule has 1 aromatic carbocycles. The Labute approximate surface area is 121 Å². The standard InChI is InChI=1S/C17H25NO2/c1-2-17(20)14-8-10-16(11-9-14)18(12-13-19)15-6-4-3-5-7-15/h8-11,15,19H,2-7,12-13H2,1H3. The van der Waals surface area contributed by atoms with Crippen LogP contribution in [0.15, 0.2) is 24.3 Å². The van der Waals surface area contributed by atoms with Crippen LogP contribution < -0.4 is 4.90 Å². The molecule has 0 atom stereocenters. The lowest BCUT2D eigenvalue weighted by Gasteiger charge is -2.36. The number of hydrogen-bond donors (Lipinski definition) is 1. The average Bonchev–Trinajstić information content (AvgIpc) is 2.53. The maximum atomic E-state index is 11.7. The first-order valence-corrected chi connectivity index (χ1v) is 7.77. The van der Waals surface area contributed by atoms with Crippen molar-refractivity contribution in [3.8, 4) is 0 Å². The largest absolute Gasteiger partial charge is 0.395 e. The van der Waals surface area contributed by atoms with E-state index >= 15 is 0 Å². The fraction of sp³-hybridized carbons (Fsp3) is 0.588. The van der Waals surface area contributed by atoms with Gasteiger partial charge in [-0.05, 0) is 37.1 Å². The van der Waals surface area contributed by atoms with Crippen LogP contribution in [0.4, 0.5) is 5.69 Å². The first-order valence-electron chi connectivity index (χ1n) is 7.77. The van der Waals surface area contributed by atoms with Gasteiger partial charge in [0.15, 0.2) is 5.78 Å². The zero-order chi connectivity index (χ0) is 14.4. The molecule has 0 bridgehead atoms. The third-order valence-electron chi connectivity index (χ3n) is 4.20. The number of hydrogen-bond acceptors (Lipinski definition) is 3. The second-order valence-electron chi connectivity index (χ2n) is 5.53. The summed E-state index contributed by atoms with van der Waals surface area (Å²) in [6.07, 6.45) is 6.83. The number of rotatable bonds is 6. The molecule has 1 aliphatic carbocycles. The highest BCUT2D eigenvalue weighted by Crippen LogP contribution is 2.27. The van der Waals surface area contributed by atoms with E-state index in [1.54, 1.807) is 0 Å². The minimum atomic E-state index is 0.173. The van der Waals surface area contributed by atoms with Crippen molar-refractivity contribution >= 4 is 11.5 Å². The number of benzene rings is 1. The molecule has 1 aromatic rings. The summed E-state index contributed by atoms with van der Waals surface area (Å²) in [6.45, 7) is 2.73. The molecule has 0 aliphatic heterocycles. The molecule has 2 rings (SSSR count). The van der Waals surface area contributed by atoms with E-state index < -0.39 is 0 Å². The van der Waals surface area contributed by atoms with Crippen LogP contribution in [-0.4, -0.2) is 30.1 Å². The van der Waals surface area contributed by atoms with Crippen molar-refractivity contribution in [2.75, 3.05) is 18.1 Å². The van der Waals surface area contributed by atoms with Crippen LogP contribution in [-0.2, 0) is 0 Å². The molecule has 1 N–H and O–H groups in total. The molecule has 0 aromatic heterocycles. The lowest BCUT2D eigenvalue weighted by molar-refractivity contribution is 0.0988. The zero-order valence-electron chi connectivity index (χ0n) is 12.3.